The van der Waals surface area contributed by atoms with E-state index in [0.717, 1.165) is 30.2 Å². The van der Waals surface area contributed by atoms with Crippen molar-refractivity contribution in [2.45, 2.75) is 32.7 Å². The van der Waals surface area contributed by atoms with E-state index < -0.39 is 0 Å². The Hall–Kier alpha value is -3.12. The molecule has 6 heteroatoms. The number of carbonyl (C=O) groups excluding carboxylic acids is 1. The van der Waals surface area contributed by atoms with Gasteiger partial charge in [0.05, 0.1) is 6.54 Å². The van der Waals surface area contributed by atoms with Crippen LogP contribution in [0.15, 0.2) is 52.9 Å². The summed E-state index contributed by atoms with van der Waals surface area (Å²) in [5.41, 5.74) is 5.33. The Morgan fingerprint density at radius 3 is 2.66 bits per heavy atom. The van der Waals surface area contributed by atoms with Crippen LogP contribution in [-0.2, 0) is 37.4 Å². The summed E-state index contributed by atoms with van der Waals surface area (Å²) in [5.74, 6) is 1.47. The van der Waals surface area contributed by atoms with Crippen molar-refractivity contribution >= 4 is 11.6 Å². The molecule has 29 heavy (non-hydrogen) atoms. The first kappa shape index (κ1) is 17.9. The third-order valence-corrected chi connectivity index (χ3v) is 5.63. The zero-order chi connectivity index (χ0) is 19.8. The van der Waals surface area contributed by atoms with Gasteiger partial charge in [0, 0.05) is 44.4 Å². The van der Waals surface area contributed by atoms with E-state index in [4.69, 9.17) is 9.15 Å². The molecule has 0 bridgehead atoms. The summed E-state index contributed by atoms with van der Waals surface area (Å²) in [5, 5.41) is 0. The quantitative estimate of drug-likeness (QED) is 0.683. The van der Waals surface area contributed by atoms with Gasteiger partial charge in [0.1, 0.15) is 18.1 Å². The average Bonchev–Trinajstić information content (AvgIpc) is 3.36. The van der Waals surface area contributed by atoms with E-state index in [1.54, 1.807) is 7.11 Å². The highest BCUT2D eigenvalue weighted by molar-refractivity contribution is 5.95. The number of hydrogen-bond donors (Lipinski definition) is 0. The minimum atomic E-state index is 0.0329. The third kappa shape index (κ3) is 3.40. The molecule has 3 heterocycles. The van der Waals surface area contributed by atoms with Gasteiger partial charge in [-0.3, -0.25) is 4.79 Å². The van der Waals surface area contributed by atoms with Crippen molar-refractivity contribution in [1.82, 2.24) is 9.88 Å². The van der Waals surface area contributed by atoms with Gasteiger partial charge in [-0.2, -0.15) is 0 Å². The van der Waals surface area contributed by atoms with E-state index in [1.165, 1.54) is 11.1 Å². The number of methoxy groups -OCH3 is 1. The molecule has 0 unspecified atom stereocenters. The van der Waals surface area contributed by atoms with Crippen molar-refractivity contribution in [1.29, 1.82) is 0 Å². The molecule has 2 aliphatic heterocycles. The van der Waals surface area contributed by atoms with E-state index in [9.17, 15) is 4.79 Å². The first-order chi connectivity index (χ1) is 14.2. The van der Waals surface area contributed by atoms with E-state index in [0.29, 0.717) is 37.6 Å². The minimum absolute atomic E-state index is 0.0329. The fourth-order valence-electron chi connectivity index (χ4n) is 4.14. The minimum Gasteiger partial charge on any atom is -0.443 e. The SMILES string of the molecule is COCc1nc2c(o1)CCN(C(=O)c1cccc(N3Cc4ccccc4C3)c1)C2. The van der Waals surface area contributed by atoms with Crippen LogP contribution < -0.4 is 4.90 Å². The molecule has 0 spiro atoms. The summed E-state index contributed by atoms with van der Waals surface area (Å²) >= 11 is 0. The van der Waals surface area contributed by atoms with Crippen molar-refractivity contribution in [2.24, 2.45) is 0 Å². The predicted molar refractivity (Wildman–Crippen MR) is 108 cm³/mol. The van der Waals surface area contributed by atoms with Crippen molar-refractivity contribution in [3.8, 4) is 0 Å². The lowest BCUT2D eigenvalue weighted by Crippen LogP contribution is -2.35. The number of oxazole rings is 1. The highest BCUT2D eigenvalue weighted by Crippen LogP contribution is 2.29. The monoisotopic (exact) mass is 389 g/mol. The molecule has 0 saturated carbocycles. The molecule has 6 nitrogen and oxygen atoms in total. The Labute approximate surface area is 169 Å². The van der Waals surface area contributed by atoms with Crippen LogP contribution in [0.25, 0.3) is 0 Å². The number of rotatable bonds is 4. The number of aromatic nitrogens is 1. The first-order valence-corrected chi connectivity index (χ1v) is 9.89. The Morgan fingerprint density at radius 2 is 1.90 bits per heavy atom. The van der Waals surface area contributed by atoms with Gasteiger partial charge in [-0.15, -0.1) is 0 Å². The van der Waals surface area contributed by atoms with Gasteiger partial charge in [-0.1, -0.05) is 30.3 Å². The summed E-state index contributed by atoms with van der Waals surface area (Å²) in [4.78, 5) is 21.8. The smallest absolute Gasteiger partial charge is 0.254 e. The van der Waals surface area contributed by atoms with Gasteiger partial charge in [-0.05, 0) is 29.3 Å². The molecule has 1 amide bonds. The van der Waals surface area contributed by atoms with Gasteiger partial charge in [-0.25, -0.2) is 4.98 Å². The second-order valence-electron chi connectivity index (χ2n) is 7.56. The number of amides is 1. The topological polar surface area (TPSA) is 58.8 Å². The molecule has 0 radical (unpaired) electrons. The number of anilines is 1. The summed E-state index contributed by atoms with van der Waals surface area (Å²) < 4.78 is 10.8. The van der Waals surface area contributed by atoms with E-state index in [2.05, 4.69) is 40.2 Å². The summed E-state index contributed by atoms with van der Waals surface area (Å²) in [6.45, 7) is 3.21. The molecule has 0 fully saturated rings. The van der Waals surface area contributed by atoms with Crippen molar-refractivity contribution < 1.29 is 13.9 Å². The molecule has 0 N–H and O–H groups in total. The standard InChI is InChI=1S/C23H23N3O3/c1-28-15-22-24-20-14-25(10-9-21(20)29-22)23(27)16-7-4-8-19(11-16)26-12-17-5-2-3-6-18(17)13-26/h2-8,11H,9-10,12-15H2,1H3. The first-order valence-electron chi connectivity index (χ1n) is 9.89. The molecule has 2 aromatic carbocycles. The van der Waals surface area contributed by atoms with E-state index >= 15 is 0 Å². The molecule has 3 aromatic rings. The lowest BCUT2D eigenvalue weighted by atomic mass is 10.1. The average molecular weight is 389 g/mol. The zero-order valence-electron chi connectivity index (χ0n) is 16.4. The molecule has 0 aliphatic carbocycles. The fourth-order valence-corrected chi connectivity index (χ4v) is 4.14. The maximum atomic E-state index is 13.2. The van der Waals surface area contributed by atoms with Crippen molar-refractivity contribution in [3.05, 3.63) is 82.6 Å². The number of benzene rings is 2. The van der Waals surface area contributed by atoms with Gasteiger partial charge in [0.25, 0.3) is 5.91 Å². The van der Waals surface area contributed by atoms with Crippen LogP contribution >= 0.6 is 0 Å². The van der Waals surface area contributed by atoms with Gasteiger partial charge in [0.15, 0.2) is 0 Å². The van der Waals surface area contributed by atoms with Crippen LogP contribution in [0.5, 0.6) is 0 Å². The molecule has 0 saturated heterocycles. The van der Waals surface area contributed by atoms with Crippen LogP contribution in [0.1, 0.15) is 38.8 Å². The van der Waals surface area contributed by atoms with Crippen LogP contribution in [0.2, 0.25) is 0 Å². The highest BCUT2D eigenvalue weighted by atomic mass is 16.5. The zero-order valence-corrected chi connectivity index (χ0v) is 16.4. The molecule has 5 rings (SSSR count). The summed E-state index contributed by atoms with van der Waals surface area (Å²) in [7, 11) is 1.62. The highest BCUT2D eigenvalue weighted by Gasteiger charge is 2.27. The lowest BCUT2D eigenvalue weighted by Gasteiger charge is -2.26. The van der Waals surface area contributed by atoms with Crippen LogP contribution in [-0.4, -0.2) is 29.4 Å². The number of hydrogen-bond acceptors (Lipinski definition) is 5. The Balaban J connectivity index is 1.33. The second kappa shape index (κ2) is 7.37. The fraction of sp³-hybridized carbons (Fsp3) is 0.304. The molecular formula is C23H23N3O3. The van der Waals surface area contributed by atoms with Crippen molar-refractivity contribution in [2.75, 3.05) is 18.6 Å². The van der Waals surface area contributed by atoms with Crippen molar-refractivity contribution in [3.63, 3.8) is 0 Å². The molecular weight excluding hydrogens is 366 g/mol. The number of ether oxygens (including phenoxy) is 1. The number of carbonyl (C=O) groups is 1. The Bertz CT molecular complexity index is 1030. The third-order valence-electron chi connectivity index (χ3n) is 5.63. The number of fused-ring (bicyclic) bond motifs is 2. The number of nitrogens with zero attached hydrogens (tertiary/aromatic N) is 3. The summed E-state index contributed by atoms with van der Waals surface area (Å²) in [6.07, 6.45) is 0.679. The van der Waals surface area contributed by atoms with Gasteiger partial charge in [0.2, 0.25) is 5.89 Å². The van der Waals surface area contributed by atoms with Crippen LogP contribution in [0, 0.1) is 0 Å². The second-order valence-corrected chi connectivity index (χ2v) is 7.56. The maximum Gasteiger partial charge on any atom is 0.254 e. The molecule has 148 valence electrons. The van der Waals surface area contributed by atoms with Gasteiger partial charge < -0.3 is 19.0 Å². The van der Waals surface area contributed by atoms with Crippen LogP contribution in [0.3, 0.4) is 0 Å². The maximum absolute atomic E-state index is 13.2. The molecule has 1 aromatic heterocycles. The molecule has 2 aliphatic rings. The van der Waals surface area contributed by atoms with E-state index in [-0.39, 0.29) is 5.91 Å². The summed E-state index contributed by atoms with van der Waals surface area (Å²) in [6, 6.07) is 16.4. The van der Waals surface area contributed by atoms with E-state index in [1.807, 2.05) is 23.1 Å². The van der Waals surface area contributed by atoms with Crippen LogP contribution in [0.4, 0.5) is 5.69 Å². The lowest BCUT2D eigenvalue weighted by molar-refractivity contribution is 0.0727. The van der Waals surface area contributed by atoms with Gasteiger partial charge >= 0.3 is 0 Å². The molecule has 0 atom stereocenters. The normalized spacial score (nSPS) is 15.3. The Kier molecular flexibility index (Phi) is 4.56. The Morgan fingerprint density at radius 1 is 1.10 bits per heavy atom. The predicted octanol–water partition coefficient (Wildman–Crippen LogP) is 3.54. The largest absolute Gasteiger partial charge is 0.443 e.